The number of rotatable bonds is 6. The van der Waals surface area contributed by atoms with Crippen molar-refractivity contribution in [1.82, 2.24) is 5.32 Å². The lowest BCUT2D eigenvalue weighted by Crippen LogP contribution is -2.35. The predicted molar refractivity (Wildman–Crippen MR) is 79.4 cm³/mol. The monoisotopic (exact) mass is 297 g/mol. The highest BCUT2D eigenvalue weighted by Crippen LogP contribution is 2.37. The summed E-state index contributed by atoms with van der Waals surface area (Å²) in [6.45, 7) is 5.61. The molecule has 118 valence electrons. The van der Waals surface area contributed by atoms with Gasteiger partial charge in [-0.25, -0.2) is 4.39 Å². The molecule has 5 heteroatoms. The number of hydrogen-bond acceptors (Lipinski definition) is 4. The Labute approximate surface area is 125 Å². The van der Waals surface area contributed by atoms with E-state index in [0.29, 0.717) is 23.0 Å². The first-order chi connectivity index (χ1) is 10.1. The van der Waals surface area contributed by atoms with Crippen molar-refractivity contribution < 1.29 is 18.6 Å². The Morgan fingerprint density at radius 1 is 1.33 bits per heavy atom. The zero-order valence-corrected chi connectivity index (χ0v) is 13.1. The minimum Gasteiger partial charge on any atom is -0.493 e. The number of likely N-dealkylation sites (N-methyl/N-ethyl adjacent to an activating group) is 1. The minimum absolute atomic E-state index is 0.0300. The summed E-state index contributed by atoms with van der Waals surface area (Å²) in [6, 6.07) is 2.89. The fourth-order valence-electron chi connectivity index (χ4n) is 2.87. The molecule has 1 aliphatic heterocycles. The predicted octanol–water partition coefficient (Wildman–Crippen LogP) is 2.92. The van der Waals surface area contributed by atoms with Crippen LogP contribution in [-0.4, -0.2) is 33.5 Å². The second-order valence-corrected chi connectivity index (χ2v) is 5.37. The van der Waals surface area contributed by atoms with E-state index in [2.05, 4.69) is 12.2 Å². The van der Waals surface area contributed by atoms with Gasteiger partial charge < -0.3 is 19.5 Å². The SMILES string of the molecule is CCNC(c1cc(OC)c(OC)cc1F)C1OCCC1C. The molecule has 2 rings (SSSR count). The summed E-state index contributed by atoms with van der Waals surface area (Å²) in [6.07, 6.45) is 0.971. The molecule has 1 N–H and O–H groups in total. The normalized spacial score (nSPS) is 23.1. The highest BCUT2D eigenvalue weighted by atomic mass is 19.1. The summed E-state index contributed by atoms with van der Waals surface area (Å²) in [5, 5.41) is 3.34. The van der Waals surface area contributed by atoms with E-state index in [1.165, 1.54) is 13.2 Å². The average Bonchev–Trinajstić information content (AvgIpc) is 2.90. The van der Waals surface area contributed by atoms with Crippen molar-refractivity contribution in [2.45, 2.75) is 32.4 Å². The van der Waals surface area contributed by atoms with Gasteiger partial charge in [-0.3, -0.25) is 0 Å². The number of ether oxygens (including phenoxy) is 3. The van der Waals surface area contributed by atoms with Gasteiger partial charge in [0.05, 0.1) is 26.4 Å². The van der Waals surface area contributed by atoms with Gasteiger partial charge in [-0.1, -0.05) is 13.8 Å². The lowest BCUT2D eigenvalue weighted by molar-refractivity contribution is 0.0600. The Morgan fingerprint density at radius 3 is 2.52 bits per heavy atom. The summed E-state index contributed by atoms with van der Waals surface area (Å²) >= 11 is 0. The van der Waals surface area contributed by atoms with Crippen molar-refractivity contribution in [3.63, 3.8) is 0 Å². The van der Waals surface area contributed by atoms with Gasteiger partial charge in [0.15, 0.2) is 11.5 Å². The molecule has 0 aliphatic carbocycles. The quantitative estimate of drug-likeness (QED) is 0.876. The second kappa shape index (κ2) is 7.09. The third kappa shape index (κ3) is 3.30. The molecule has 21 heavy (non-hydrogen) atoms. The van der Waals surface area contributed by atoms with E-state index in [0.717, 1.165) is 19.6 Å². The summed E-state index contributed by atoms with van der Waals surface area (Å²) in [5.74, 6) is 1.01. The zero-order valence-electron chi connectivity index (χ0n) is 13.1. The first-order valence-corrected chi connectivity index (χ1v) is 7.38. The number of hydrogen-bond donors (Lipinski definition) is 1. The number of benzene rings is 1. The van der Waals surface area contributed by atoms with Gasteiger partial charge in [0.1, 0.15) is 5.82 Å². The van der Waals surface area contributed by atoms with Gasteiger partial charge in [-0.05, 0) is 24.9 Å². The first-order valence-electron chi connectivity index (χ1n) is 7.38. The lowest BCUT2D eigenvalue weighted by atomic mass is 9.92. The molecule has 3 atom stereocenters. The van der Waals surface area contributed by atoms with Crippen molar-refractivity contribution in [2.24, 2.45) is 5.92 Å². The van der Waals surface area contributed by atoms with Crippen LogP contribution < -0.4 is 14.8 Å². The van der Waals surface area contributed by atoms with Crippen LogP contribution in [0.5, 0.6) is 11.5 Å². The van der Waals surface area contributed by atoms with Gasteiger partial charge >= 0.3 is 0 Å². The molecule has 1 heterocycles. The third-order valence-corrected chi connectivity index (χ3v) is 4.03. The van der Waals surface area contributed by atoms with Crippen molar-refractivity contribution in [3.05, 3.63) is 23.5 Å². The molecule has 1 fully saturated rings. The Balaban J connectivity index is 2.39. The highest BCUT2D eigenvalue weighted by Gasteiger charge is 2.34. The molecule has 0 spiro atoms. The fourth-order valence-corrected chi connectivity index (χ4v) is 2.87. The summed E-state index contributed by atoms with van der Waals surface area (Å²) in [5.41, 5.74) is 0.563. The number of halogens is 1. The van der Waals surface area contributed by atoms with Crippen molar-refractivity contribution in [1.29, 1.82) is 0 Å². The maximum atomic E-state index is 14.5. The molecule has 4 nitrogen and oxygen atoms in total. The maximum absolute atomic E-state index is 14.5. The van der Waals surface area contributed by atoms with Crippen LogP contribution in [0.2, 0.25) is 0 Å². The minimum atomic E-state index is -0.304. The van der Waals surface area contributed by atoms with Crippen molar-refractivity contribution in [3.8, 4) is 11.5 Å². The molecule has 0 saturated carbocycles. The van der Waals surface area contributed by atoms with E-state index in [9.17, 15) is 4.39 Å². The Bertz CT molecular complexity index is 481. The van der Waals surface area contributed by atoms with E-state index >= 15 is 0 Å². The van der Waals surface area contributed by atoms with Crippen LogP contribution in [-0.2, 0) is 4.74 Å². The van der Waals surface area contributed by atoms with Crippen LogP contribution in [0.3, 0.4) is 0 Å². The zero-order chi connectivity index (χ0) is 15.4. The molecule has 1 aromatic carbocycles. The van der Waals surface area contributed by atoms with Gasteiger partial charge in [0.25, 0.3) is 0 Å². The smallest absolute Gasteiger partial charge is 0.163 e. The first kappa shape index (κ1) is 16.0. The van der Waals surface area contributed by atoms with Gasteiger partial charge in [0, 0.05) is 18.2 Å². The summed E-state index contributed by atoms with van der Waals surface area (Å²) in [4.78, 5) is 0. The average molecular weight is 297 g/mol. The van der Waals surface area contributed by atoms with E-state index in [1.807, 2.05) is 6.92 Å². The van der Waals surface area contributed by atoms with E-state index in [1.54, 1.807) is 13.2 Å². The third-order valence-electron chi connectivity index (χ3n) is 4.03. The van der Waals surface area contributed by atoms with Gasteiger partial charge in [-0.15, -0.1) is 0 Å². The van der Waals surface area contributed by atoms with Crippen LogP contribution in [0, 0.1) is 11.7 Å². The summed E-state index contributed by atoms with van der Waals surface area (Å²) in [7, 11) is 3.05. The Kier molecular flexibility index (Phi) is 5.42. The highest BCUT2D eigenvalue weighted by molar-refractivity contribution is 5.45. The Morgan fingerprint density at radius 2 is 2.00 bits per heavy atom. The molecule has 0 amide bonds. The largest absolute Gasteiger partial charge is 0.493 e. The molecule has 0 radical (unpaired) electrons. The van der Waals surface area contributed by atoms with Gasteiger partial charge in [0.2, 0.25) is 0 Å². The number of nitrogens with one attached hydrogen (secondary N) is 1. The molecule has 0 aromatic heterocycles. The fraction of sp³-hybridized carbons (Fsp3) is 0.625. The van der Waals surface area contributed by atoms with Crippen LogP contribution in [0.1, 0.15) is 31.9 Å². The molecule has 0 bridgehead atoms. The second-order valence-electron chi connectivity index (χ2n) is 5.37. The van der Waals surface area contributed by atoms with Crippen molar-refractivity contribution in [2.75, 3.05) is 27.4 Å². The standard InChI is InChI=1S/C16H24FNO3/c1-5-18-15(16-10(2)6-7-21-16)11-8-13(19-3)14(20-4)9-12(11)17/h8-10,15-16,18H,5-7H2,1-4H3. The van der Waals surface area contributed by atoms with E-state index < -0.39 is 0 Å². The Hall–Kier alpha value is -1.33. The molecule has 1 aromatic rings. The number of methoxy groups -OCH3 is 2. The maximum Gasteiger partial charge on any atom is 0.163 e. The van der Waals surface area contributed by atoms with Crippen LogP contribution in [0.25, 0.3) is 0 Å². The van der Waals surface area contributed by atoms with Crippen LogP contribution >= 0.6 is 0 Å². The van der Waals surface area contributed by atoms with Crippen molar-refractivity contribution >= 4 is 0 Å². The van der Waals surface area contributed by atoms with Crippen LogP contribution in [0.4, 0.5) is 4.39 Å². The topological polar surface area (TPSA) is 39.7 Å². The lowest BCUT2D eigenvalue weighted by Gasteiger charge is -2.28. The molecule has 1 aliphatic rings. The van der Waals surface area contributed by atoms with E-state index in [4.69, 9.17) is 14.2 Å². The molecule has 3 unspecified atom stereocenters. The molecular formula is C16H24FNO3. The summed E-state index contributed by atoms with van der Waals surface area (Å²) < 4.78 is 30.7. The molecular weight excluding hydrogens is 273 g/mol. The van der Waals surface area contributed by atoms with E-state index in [-0.39, 0.29) is 18.0 Å². The molecule has 1 saturated heterocycles. The van der Waals surface area contributed by atoms with Gasteiger partial charge in [-0.2, -0.15) is 0 Å². The van der Waals surface area contributed by atoms with Crippen LogP contribution in [0.15, 0.2) is 12.1 Å².